The van der Waals surface area contributed by atoms with Crippen LogP contribution in [0.15, 0.2) is 48.2 Å². The van der Waals surface area contributed by atoms with Gasteiger partial charge in [0.15, 0.2) is 5.76 Å². The van der Waals surface area contributed by atoms with E-state index in [0.717, 1.165) is 28.9 Å². The molecule has 3 rings (SSSR count). The summed E-state index contributed by atoms with van der Waals surface area (Å²) >= 11 is 6.81. The number of rotatable bonds is 11. The van der Waals surface area contributed by atoms with Crippen LogP contribution in [0.1, 0.15) is 30.0 Å². The van der Waals surface area contributed by atoms with Crippen molar-refractivity contribution in [1.82, 2.24) is 0 Å². The lowest BCUT2D eigenvalue weighted by molar-refractivity contribution is 0.214. The van der Waals surface area contributed by atoms with E-state index in [-0.39, 0.29) is 5.75 Å². The molecule has 0 saturated heterocycles. The topological polar surface area (TPSA) is 57.2 Å². The van der Waals surface area contributed by atoms with Gasteiger partial charge in [0.1, 0.15) is 28.8 Å². The molecule has 0 fully saturated rings. The minimum atomic E-state index is 0.136. The first-order valence-electron chi connectivity index (χ1n) is 10.4. The van der Waals surface area contributed by atoms with Crippen LogP contribution in [0, 0.1) is 0 Å². The molecule has 0 atom stereocenters. The van der Waals surface area contributed by atoms with E-state index >= 15 is 0 Å². The normalized spacial score (nSPS) is 12.8. The number of alkyl halides is 2. The Kier molecular flexibility index (Phi) is 8.93. The number of halogens is 2. The molecular weight excluding hydrogens is 540 g/mol. The molecule has 0 bridgehead atoms. The van der Waals surface area contributed by atoms with E-state index in [0.29, 0.717) is 65.3 Å². The van der Waals surface area contributed by atoms with Gasteiger partial charge < -0.3 is 24.1 Å². The third-order valence-corrected chi connectivity index (χ3v) is 5.71. The van der Waals surface area contributed by atoms with Crippen LogP contribution in [-0.2, 0) is 17.6 Å². The third-order valence-electron chi connectivity index (χ3n) is 5.06. The first kappa shape index (κ1) is 24.5. The first-order valence-corrected chi connectivity index (χ1v) is 12.7. The Bertz CT molecular complexity index is 983. The number of fused-ring (bicyclic) bond motifs is 1. The van der Waals surface area contributed by atoms with E-state index in [1.54, 1.807) is 13.2 Å². The van der Waals surface area contributed by atoms with Crippen LogP contribution in [-0.4, -0.2) is 36.1 Å². The van der Waals surface area contributed by atoms with Crippen LogP contribution in [0.3, 0.4) is 0 Å². The minimum absolute atomic E-state index is 0.136. The quantitative estimate of drug-likeness (QED) is 0.251. The van der Waals surface area contributed by atoms with Crippen molar-refractivity contribution in [2.45, 2.75) is 26.2 Å². The van der Waals surface area contributed by atoms with Crippen molar-refractivity contribution in [3.05, 3.63) is 64.9 Å². The summed E-state index contributed by atoms with van der Waals surface area (Å²) in [6, 6.07) is 9.33. The van der Waals surface area contributed by atoms with Crippen LogP contribution in [0.25, 0.3) is 5.76 Å². The molecular formula is C25H28Br2O5. The average Bonchev–Trinajstić information content (AvgIpc) is 2.80. The highest BCUT2D eigenvalue weighted by molar-refractivity contribution is 9.09. The zero-order valence-electron chi connectivity index (χ0n) is 18.4. The van der Waals surface area contributed by atoms with Gasteiger partial charge in [-0.05, 0) is 44.0 Å². The molecule has 0 amide bonds. The molecule has 1 heterocycles. The summed E-state index contributed by atoms with van der Waals surface area (Å²) in [5, 5.41) is 12.2. The number of phenols is 1. The fraction of sp³-hybridized carbons (Fsp3) is 0.360. The van der Waals surface area contributed by atoms with Crippen LogP contribution in [0.2, 0.25) is 0 Å². The average molecular weight is 568 g/mol. The number of allylic oxidation sites excluding steroid dienone is 2. The maximum atomic E-state index is 10.8. The number of ether oxygens (including phenoxy) is 4. The second-order valence-electron chi connectivity index (χ2n) is 7.47. The predicted molar refractivity (Wildman–Crippen MR) is 135 cm³/mol. The molecule has 0 radical (unpaired) electrons. The molecule has 1 N–H and O–H groups in total. The first-order chi connectivity index (χ1) is 15.5. The van der Waals surface area contributed by atoms with Crippen molar-refractivity contribution in [2.75, 3.05) is 31.0 Å². The van der Waals surface area contributed by atoms with Gasteiger partial charge in [-0.25, -0.2) is 0 Å². The fourth-order valence-corrected chi connectivity index (χ4v) is 3.82. The molecule has 2 aromatic rings. The molecule has 0 unspecified atom stereocenters. The van der Waals surface area contributed by atoms with Crippen LogP contribution in [0.5, 0.6) is 23.0 Å². The second-order valence-corrected chi connectivity index (χ2v) is 9.06. The zero-order chi connectivity index (χ0) is 23.1. The van der Waals surface area contributed by atoms with Crippen molar-refractivity contribution >= 4 is 37.6 Å². The van der Waals surface area contributed by atoms with Gasteiger partial charge in [0.25, 0.3) is 0 Å². The number of hydrogen-bond donors (Lipinski definition) is 1. The Labute approximate surface area is 206 Å². The van der Waals surface area contributed by atoms with Crippen LogP contribution < -0.4 is 14.2 Å². The molecule has 0 aliphatic carbocycles. The van der Waals surface area contributed by atoms with Gasteiger partial charge in [-0.15, -0.1) is 6.58 Å². The number of phenolic OH excluding ortho intramolecular Hbond substituents is 1. The smallest absolute Gasteiger partial charge is 0.172 e. The Balaban J connectivity index is 2.09. The predicted octanol–water partition coefficient (Wildman–Crippen LogP) is 6.40. The van der Waals surface area contributed by atoms with Crippen LogP contribution in [0.4, 0.5) is 0 Å². The molecule has 172 valence electrons. The summed E-state index contributed by atoms with van der Waals surface area (Å²) in [4.78, 5) is 0. The minimum Gasteiger partial charge on any atom is -0.507 e. The van der Waals surface area contributed by atoms with E-state index in [2.05, 4.69) is 38.4 Å². The largest absolute Gasteiger partial charge is 0.507 e. The summed E-state index contributed by atoms with van der Waals surface area (Å²) in [5.74, 6) is 3.47. The lowest BCUT2D eigenvalue weighted by Gasteiger charge is -2.27. The Morgan fingerprint density at radius 1 is 1.12 bits per heavy atom. The maximum absolute atomic E-state index is 10.8. The summed E-state index contributed by atoms with van der Waals surface area (Å²) in [7, 11) is 1.64. The standard InChI is InChI=1S/C25H28Br2O5/c1-16(2)4-9-19-22(30-12-10-26)15-21(28)20-14-23(31-13-11-27)24(32-25(19)20)17-5-7-18(29-3)8-6-17/h5-8,15,28H,1,4,9-14H2,2-3H3. The highest BCUT2D eigenvalue weighted by Gasteiger charge is 2.29. The highest BCUT2D eigenvalue weighted by Crippen LogP contribution is 2.46. The van der Waals surface area contributed by atoms with E-state index in [1.807, 2.05) is 31.2 Å². The number of benzene rings is 2. The number of hydrogen-bond acceptors (Lipinski definition) is 5. The Hall–Kier alpha value is -2.12. The van der Waals surface area contributed by atoms with Gasteiger partial charge in [-0.2, -0.15) is 0 Å². The Morgan fingerprint density at radius 3 is 2.44 bits per heavy atom. The van der Waals surface area contributed by atoms with E-state index < -0.39 is 0 Å². The summed E-state index contributed by atoms with van der Waals surface area (Å²) in [5.41, 5.74) is 3.57. The molecule has 32 heavy (non-hydrogen) atoms. The molecule has 2 aromatic carbocycles. The fourth-order valence-electron chi connectivity index (χ4n) is 3.50. The maximum Gasteiger partial charge on any atom is 0.172 e. The van der Waals surface area contributed by atoms with Gasteiger partial charge in [0.2, 0.25) is 0 Å². The van der Waals surface area contributed by atoms with Crippen LogP contribution >= 0.6 is 31.9 Å². The molecule has 7 heteroatoms. The number of aromatic hydroxyl groups is 1. The van der Waals surface area contributed by atoms with Gasteiger partial charge in [-0.3, -0.25) is 0 Å². The van der Waals surface area contributed by atoms with E-state index in [1.165, 1.54) is 0 Å². The third kappa shape index (κ3) is 5.81. The van der Waals surface area contributed by atoms with Crippen molar-refractivity contribution in [3.8, 4) is 23.0 Å². The van der Waals surface area contributed by atoms with Gasteiger partial charge in [0.05, 0.1) is 20.3 Å². The molecule has 0 saturated carbocycles. The van der Waals surface area contributed by atoms with Crippen molar-refractivity contribution < 1.29 is 24.1 Å². The molecule has 0 spiro atoms. The van der Waals surface area contributed by atoms with Crippen molar-refractivity contribution in [1.29, 1.82) is 0 Å². The molecule has 5 nitrogen and oxygen atoms in total. The molecule has 1 aliphatic rings. The number of methoxy groups -OCH3 is 1. The van der Waals surface area contributed by atoms with E-state index in [9.17, 15) is 5.11 Å². The van der Waals surface area contributed by atoms with Gasteiger partial charge in [-0.1, -0.05) is 37.4 Å². The summed E-state index contributed by atoms with van der Waals surface area (Å²) in [6.45, 7) is 7.01. The summed E-state index contributed by atoms with van der Waals surface area (Å²) in [6.07, 6.45) is 1.91. The van der Waals surface area contributed by atoms with Crippen molar-refractivity contribution in [2.24, 2.45) is 0 Å². The lowest BCUT2D eigenvalue weighted by Crippen LogP contribution is -2.15. The SMILES string of the molecule is C=C(C)CCc1c(OCCBr)cc(O)c2c1OC(c1ccc(OC)cc1)=C(OCCBr)C2. The van der Waals surface area contributed by atoms with Crippen molar-refractivity contribution in [3.63, 3.8) is 0 Å². The zero-order valence-corrected chi connectivity index (χ0v) is 21.6. The molecule has 1 aliphatic heterocycles. The highest BCUT2D eigenvalue weighted by atomic mass is 79.9. The lowest BCUT2D eigenvalue weighted by atomic mass is 9.95. The monoisotopic (exact) mass is 566 g/mol. The van der Waals surface area contributed by atoms with Gasteiger partial charge in [0, 0.05) is 39.8 Å². The second kappa shape index (κ2) is 11.7. The van der Waals surface area contributed by atoms with Gasteiger partial charge >= 0.3 is 0 Å². The van der Waals surface area contributed by atoms with E-state index in [4.69, 9.17) is 18.9 Å². The summed E-state index contributed by atoms with van der Waals surface area (Å²) < 4.78 is 23.7. The molecule has 0 aromatic heterocycles. The Morgan fingerprint density at radius 2 is 1.81 bits per heavy atom.